The van der Waals surface area contributed by atoms with E-state index in [-0.39, 0.29) is 41.9 Å². The molecule has 14 nitrogen and oxygen atoms in total. The summed E-state index contributed by atoms with van der Waals surface area (Å²) >= 11 is 5.04. The van der Waals surface area contributed by atoms with Crippen LogP contribution < -0.4 is 24.3 Å². The third kappa shape index (κ3) is 8.14. The van der Waals surface area contributed by atoms with Gasteiger partial charge in [-0.1, -0.05) is 17.8 Å². The van der Waals surface area contributed by atoms with Gasteiger partial charge < -0.3 is 18.9 Å². The van der Waals surface area contributed by atoms with Gasteiger partial charge in [-0.25, -0.2) is 0 Å². The molecule has 1 saturated heterocycles. The number of ether oxygens (including phenoxy) is 4. The Morgan fingerprint density at radius 3 is 2.37 bits per heavy atom. The minimum absolute atomic E-state index is 0.0205. The van der Waals surface area contributed by atoms with Crippen molar-refractivity contribution in [2.75, 3.05) is 20.0 Å². The van der Waals surface area contributed by atoms with E-state index in [1.165, 1.54) is 24.9 Å². The van der Waals surface area contributed by atoms with Crippen molar-refractivity contribution in [1.82, 2.24) is 25.1 Å². The van der Waals surface area contributed by atoms with E-state index in [0.29, 0.717) is 32.5 Å². The van der Waals surface area contributed by atoms with Crippen molar-refractivity contribution in [2.45, 2.75) is 69.9 Å². The van der Waals surface area contributed by atoms with Gasteiger partial charge in [-0.15, -0.1) is 10.2 Å². The van der Waals surface area contributed by atoms with E-state index in [4.69, 9.17) is 24.0 Å². The molecule has 2 aliphatic heterocycles. The number of imide groups is 2. The van der Waals surface area contributed by atoms with Crippen LogP contribution in [0.2, 0.25) is 0 Å². The van der Waals surface area contributed by atoms with Crippen molar-refractivity contribution in [2.24, 2.45) is 5.10 Å². The number of halogens is 1. The van der Waals surface area contributed by atoms with E-state index < -0.39 is 35.3 Å². The van der Waals surface area contributed by atoms with Gasteiger partial charge >= 0.3 is 0 Å². The predicted octanol–water partition coefficient (Wildman–Crippen LogP) is 6.14. The van der Waals surface area contributed by atoms with Gasteiger partial charge in [-0.05, 0) is 112 Å². The lowest BCUT2D eigenvalue weighted by atomic mass is 10.0. The fraction of sp³-hybridized carbons (Fsp3) is 0.342. The Balaban J connectivity index is 1.17. The number of rotatable bonds is 12. The molecule has 1 fully saturated rings. The molecule has 3 aromatic carbocycles. The number of thioether (sulfide) groups is 1. The maximum atomic E-state index is 13.6. The fourth-order valence-electron chi connectivity index (χ4n) is 5.89. The summed E-state index contributed by atoms with van der Waals surface area (Å²) in [7, 11) is 1.53. The molecular weight excluding hydrogens is 780 g/mol. The Kier molecular flexibility index (Phi) is 10.9. The van der Waals surface area contributed by atoms with Gasteiger partial charge in [-0.2, -0.15) is 9.78 Å². The highest BCUT2D eigenvalue weighted by Crippen LogP contribution is 2.37. The number of nitrogens with one attached hydrogen (secondary N) is 1. The van der Waals surface area contributed by atoms with Crippen LogP contribution in [0.3, 0.4) is 0 Å². The summed E-state index contributed by atoms with van der Waals surface area (Å²) in [6.45, 7) is 9.55. The number of fused-ring (bicyclic) bond motifs is 1. The van der Waals surface area contributed by atoms with Crippen molar-refractivity contribution >= 4 is 57.5 Å². The number of methoxy groups -OCH3 is 1. The molecule has 0 saturated carbocycles. The maximum absolute atomic E-state index is 13.6. The predicted molar refractivity (Wildman–Crippen MR) is 205 cm³/mol. The van der Waals surface area contributed by atoms with Gasteiger partial charge in [-0.3, -0.25) is 29.4 Å². The minimum atomic E-state index is -1.09. The van der Waals surface area contributed by atoms with Gasteiger partial charge in [0.2, 0.25) is 17.0 Å². The standard InChI is InChI=1S/C38H39BrN6O8S/c1-37(2,3)52-23-13-11-21(12-14-23)32-42-43-36(54-7)45(32)40-19-22-17-28(50-6)29(18-25(22)39)51-20-38(4,5)53-27-10-8-9-24-31(27)35(49)44(34(24)48)26-15-16-30(46)41-33(26)47/h8-14,17-19,26H,15-16,20H2,1-7H3,(H,41,46,47)/b40-19+. The summed E-state index contributed by atoms with van der Waals surface area (Å²) < 4.78 is 26.5. The van der Waals surface area contributed by atoms with Crippen LogP contribution in [0, 0.1) is 0 Å². The molecule has 1 unspecified atom stereocenters. The molecule has 0 radical (unpaired) electrons. The number of amides is 4. The third-order valence-electron chi connectivity index (χ3n) is 8.32. The van der Waals surface area contributed by atoms with Crippen molar-refractivity contribution in [3.63, 3.8) is 0 Å². The third-order valence-corrected chi connectivity index (χ3v) is 9.62. The van der Waals surface area contributed by atoms with Gasteiger partial charge in [0, 0.05) is 22.0 Å². The molecule has 3 heterocycles. The number of aromatic nitrogens is 3. The number of carbonyl (C=O) groups is 4. The van der Waals surface area contributed by atoms with E-state index in [2.05, 4.69) is 31.4 Å². The summed E-state index contributed by atoms with van der Waals surface area (Å²) in [6, 6.07) is 14.8. The van der Waals surface area contributed by atoms with E-state index in [9.17, 15) is 19.2 Å². The highest BCUT2D eigenvalue weighted by atomic mass is 79.9. The number of carbonyl (C=O) groups excluding carboxylic acids is 4. The Morgan fingerprint density at radius 1 is 0.963 bits per heavy atom. The monoisotopic (exact) mass is 818 g/mol. The molecule has 1 N–H and O–H groups in total. The SMILES string of the molecule is COc1cc(/C=N/n2c(SC)nnc2-c2ccc(OC(C)(C)C)cc2)c(Br)cc1OCC(C)(C)Oc1cccc2c1C(=O)N(C1CCC(=O)NC1=O)C2=O. The van der Waals surface area contributed by atoms with E-state index in [1.54, 1.807) is 49.0 Å². The van der Waals surface area contributed by atoms with E-state index in [1.807, 2.05) is 51.3 Å². The number of nitrogens with zero attached hydrogens (tertiary/aromatic N) is 5. The Labute approximate surface area is 324 Å². The average molecular weight is 820 g/mol. The first-order chi connectivity index (χ1) is 25.6. The van der Waals surface area contributed by atoms with Crippen molar-refractivity contribution < 1.29 is 38.1 Å². The molecule has 4 aromatic rings. The zero-order valence-electron chi connectivity index (χ0n) is 30.8. The normalized spacial score (nSPS) is 16.1. The summed E-state index contributed by atoms with van der Waals surface area (Å²) in [5.74, 6) is -0.0915. The molecular formula is C38H39BrN6O8S. The van der Waals surface area contributed by atoms with Crippen LogP contribution >= 0.6 is 27.7 Å². The zero-order valence-corrected chi connectivity index (χ0v) is 33.2. The van der Waals surface area contributed by atoms with Crippen molar-refractivity contribution in [1.29, 1.82) is 0 Å². The minimum Gasteiger partial charge on any atom is -0.493 e. The quantitative estimate of drug-likeness (QED) is 0.0994. The van der Waals surface area contributed by atoms with Crippen LogP contribution in [0.15, 0.2) is 69.3 Å². The molecule has 16 heteroatoms. The molecule has 1 atom stereocenters. The summed E-state index contributed by atoms with van der Waals surface area (Å²) in [5.41, 5.74) is 0.349. The van der Waals surface area contributed by atoms with Gasteiger partial charge in [0.05, 0.1) is 24.5 Å². The molecule has 0 spiro atoms. The molecule has 282 valence electrons. The van der Waals surface area contributed by atoms with Gasteiger partial charge in [0.25, 0.3) is 11.8 Å². The van der Waals surface area contributed by atoms with E-state index in [0.717, 1.165) is 16.2 Å². The number of hydrogen-bond acceptors (Lipinski definition) is 12. The number of piperidine rings is 1. The number of hydrogen-bond donors (Lipinski definition) is 1. The Bertz CT molecular complexity index is 2160. The second-order valence-electron chi connectivity index (χ2n) is 14.1. The lowest BCUT2D eigenvalue weighted by Gasteiger charge is -2.29. The summed E-state index contributed by atoms with van der Waals surface area (Å²) in [4.78, 5) is 52.0. The molecule has 6 rings (SSSR count). The zero-order chi connectivity index (χ0) is 38.9. The molecule has 0 bridgehead atoms. The van der Waals surface area contributed by atoms with Crippen LogP contribution in [-0.2, 0) is 9.59 Å². The van der Waals surface area contributed by atoms with Crippen molar-refractivity contribution in [3.8, 4) is 34.4 Å². The molecule has 1 aromatic heterocycles. The fourth-order valence-corrected chi connectivity index (χ4v) is 6.75. The second kappa shape index (κ2) is 15.3. The highest BCUT2D eigenvalue weighted by Gasteiger charge is 2.46. The van der Waals surface area contributed by atoms with Crippen LogP contribution in [-0.4, -0.2) is 86.8 Å². The summed E-state index contributed by atoms with van der Waals surface area (Å²) in [6.07, 6.45) is 3.64. The smallest absolute Gasteiger partial charge is 0.266 e. The number of benzene rings is 3. The summed E-state index contributed by atoms with van der Waals surface area (Å²) in [5, 5.41) is 16.2. The van der Waals surface area contributed by atoms with Crippen LogP contribution in [0.5, 0.6) is 23.0 Å². The molecule has 4 amide bonds. The van der Waals surface area contributed by atoms with Gasteiger partial charge in [0.1, 0.15) is 35.3 Å². The first kappa shape index (κ1) is 38.5. The molecule has 0 aliphatic carbocycles. The van der Waals surface area contributed by atoms with E-state index >= 15 is 0 Å². The maximum Gasteiger partial charge on any atom is 0.266 e. The average Bonchev–Trinajstić information content (AvgIpc) is 3.64. The Hall–Kier alpha value is -5.22. The lowest BCUT2D eigenvalue weighted by molar-refractivity contribution is -0.136. The molecule has 54 heavy (non-hydrogen) atoms. The van der Waals surface area contributed by atoms with Crippen LogP contribution in [0.25, 0.3) is 11.4 Å². The topological polar surface area (TPSA) is 164 Å². The first-order valence-electron chi connectivity index (χ1n) is 17.0. The highest BCUT2D eigenvalue weighted by molar-refractivity contribution is 9.10. The first-order valence-corrected chi connectivity index (χ1v) is 19.0. The van der Waals surface area contributed by atoms with Crippen molar-refractivity contribution in [3.05, 3.63) is 75.8 Å². The molecule has 2 aliphatic rings. The van der Waals surface area contributed by atoms with Crippen LogP contribution in [0.1, 0.15) is 73.7 Å². The lowest BCUT2D eigenvalue weighted by Crippen LogP contribution is -2.54. The second-order valence-corrected chi connectivity index (χ2v) is 15.7. The van der Waals surface area contributed by atoms with Crippen LogP contribution in [0.4, 0.5) is 0 Å². The largest absolute Gasteiger partial charge is 0.493 e. The van der Waals surface area contributed by atoms with Gasteiger partial charge in [0.15, 0.2) is 17.3 Å². The Morgan fingerprint density at radius 2 is 1.70 bits per heavy atom.